The number of pyridine rings is 6. The van der Waals surface area contributed by atoms with Gasteiger partial charge in [0.1, 0.15) is 17.3 Å². The fraction of sp³-hybridized carbons (Fsp3) is 0.439. The Balaban J connectivity index is 0.000000316. The third-order valence-electron chi connectivity index (χ3n) is 11.8. The van der Waals surface area contributed by atoms with E-state index in [-0.39, 0.29) is 25.4 Å². The zero-order valence-electron chi connectivity index (χ0n) is 41.9. The van der Waals surface area contributed by atoms with Gasteiger partial charge in [-0.05, 0) is 131 Å². The van der Waals surface area contributed by atoms with E-state index in [1.54, 1.807) is 37.2 Å². The molecular formula is C57H71N7O4RuS4. The van der Waals surface area contributed by atoms with Crippen molar-refractivity contribution in [2.24, 2.45) is 0 Å². The molecular weight excluding hydrogens is 1080 g/mol. The molecule has 16 heteroatoms. The minimum absolute atomic E-state index is 0. The van der Waals surface area contributed by atoms with Gasteiger partial charge in [-0.15, -0.1) is 0 Å². The van der Waals surface area contributed by atoms with E-state index in [0.29, 0.717) is 25.4 Å². The van der Waals surface area contributed by atoms with Crippen LogP contribution < -0.4 is 14.8 Å². The number of nitrogens with zero attached hydrogens (tertiary/aromatic N) is 6. The van der Waals surface area contributed by atoms with Crippen LogP contribution in [-0.2, 0) is 29.1 Å². The predicted octanol–water partition coefficient (Wildman–Crippen LogP) is 14.4. The third-order valence-corrected chi connectivity index (χ3v) is 17.8. The average Bonchev–Trinajstić information content (AvgIpc) is 4.18. The van der Waals surface area contributed by atoms with E-state index in [9.17, 15) is 9.59 Å². The van der Waals surface area contributed by atoms with E-state index in [1.165, 1.54) is 43.6 Å². The van der Waals surface area contributed by atoms with Gasteiger partial charge in [0.2, 0.25) is 5.91 Å². The van der Waals surface area contributed by atoms with Crippen molar-refractivity contribution in [2.75, 3.05) is 31.3 Å². The summed E-state index contributed by atoms with van der Waals surface area (Å²) in [5, 5.41) is 4.68. The van der Waals surface area contributed by atoms with Gasteiger partial charge < -0.3 is 14.8 Å². The number of hydrogen-bond acceptors (Lipinski definition) is 14. The normalized spacial score (nSPS) is 14.6. The van der Waals surface area contributed by atoms with Crippen LogP contribution in [0.1, 0.15) is 116 Å². The number of unbranched alkanes of at least 4 members (excludes halogenated alkanes) is 7. The number of rotatable bonds is 28. The van der Waals surface area contributed by atoms with Crippen molar-refractivity contribution in [3.05, 3.63) is 134 Å². The van der Waals surface area contributed by atoms with Crippen molar-refractivity contribution >= 4 is 54.9 Å². The molecule has 1 amide bonds. The SMILES string of the molecule is O=C(CCCCCCOc1ccnc(-c2cc(OCCCCCNC(=O)CCCCC3CCSS3)ccn2)c1)CCCCC1CCSS1.[Ru].c1ccc(-c2ccccn2)nc1.c1ccc(-c2ccccn2)nc1. The summed E-state index contributed by atoms with van der Waals surface area (Å²) in [4.78, 5) is 50.0. The van der Waals surface area contributed by atoms with Gasteiger partial charge in [-0.25, -0.2) is 0 Å². The minimum Gasteiger partial charge on any atom is -0.493 e. The topological polar surface area (TPSA) is 142 Å². The molecule has 0 saturated carbocycles. The minimum atomic E-state index is 0. The summed E-state index contributed by atoms with van der Waals surface area (Å²) in [7, 11) is 8.03. The van der Waals surface area contributed by atoms with Gasteiger partial charge >= 0.3 is 0 Å². The van der Waals surface area contributed by atoms with Crippen LogP contribution >= 0.6 is 43.2 Å². The molecule has 2 aliphatic rings. The van der Waals surface area contributed by atoms with Gasteiger partial charge in [-0.2, -0.15) is 0 Å². The van der Waals surface area contributed by atoms with Crippen LogP contribution in [0.4, 0.5) is 0 Å². The van der Waals surface area contributed by atoms with Gasteiger partial charge in [0, 0.05) is 117 Å². The number of ether oxygens (including phenoxy) is 2. The Morgan fingerprint density at radius 3 is 1.30 bits per heavy atom. The number of aromatic nitrogens is 6. The second kappa shape index (κ2) is 37.4. The number of amides is 1. The largest absolute Gasteiger partial charge is 0.493 e. The van der Waals surface area contributed by atoms with Crippen LogP contribution in [0.25, 0.3) is 34.2 Å². The van der Waals surface area contributed by atoms with Crippen molar-refractivity contribution < 1.29 is 38.5 Å². The van der Waals surface area contributed by atoms with Crippen LogP contribution in [0, 0.1) is 0 Å². The fourth-order valence-corrected chi connectivity index (χ4v) is 13.9. The van der Waals surface area contributed by atoms with Crippen LogP contribution in [0.3, 0.4) is 0 Å². The van der Waals surface area contributed by atoms with Crippen molar-refractivity contribution in [3.8, 4) is 45.7 Å². The molecule has 8 heterocycles. The molecule has 0 aromatic carbocycles. The van der Waals surface area contributed by atoms with E-state index >= 15 is 0 Å². The Morgan fingerprint density at radius 1 is 0.466 bits per heavy atom. The number of hydrogen-bond donors (Lipinski definition) is 1. The maximum absolute atomic E-state index is 12.2. The number of Topliss-reactive ketones (excluding diaryl/α,β-unsaturated/α-hetero) is 1. The maximum Gasteiger partial charge on any atom is 0.219 e. The summed E-state index contributed by atoms with van der Waals surface area (Å²) in [6.07, 6.45) is 29.2. The van der Waals surface area contributed by atoms with Crippen molar-refractivity contribution in [1.82, 2.24) is 35.2 Å². The van der Waals surface area contributed by atoms with Gasteiger partial charge in [0.15, 0.2) is 0 Å². The van der Waals surface area contributed by atoms with E-state index in [4.69, 9.17) is 9.47 Å². The molecule has 0 spiro atoms. The zero-order chi connectivity index (χ0) is 49.9. The van der Waals surface area contributed by atoms with Crippen molar-refractivity contribution in [2.45, 2.75) is 126 Å². The Morgan fingerprint density at radius 2 is 0.877 bits per heavy atom. The fourth-order valence-electron chi connectivity index (χ4n) is 7.82. The molecule has 0 bridgehead atoms. The summed E-state index contributed by atoms with van der Waals surface area (Å²) >= 11 is 0. The Bertz CT molecular complexity index is 2130. The Kier molecular flexibility index (Phi) is 30.5. The number of carbonyl (C=O) groups is 2. The Labute approximate surface area is 462 Å². The molecule has 11 nitrogen and oxygen atoms in total. The van der Waals surface area contributed by atoms with Crippen LogP contribution in [0.2, 0.25) is 0 Å². The molecule has 2 atom stereocenters. The predicted molar refractivity (Wildman–Crippen MR) is 302 cm³/mol. The molecule has 0 aliphatic carbocycles. The van der Waals surface area contributed by atoms with Crippen LogP contribution in [0.15, 0.2) is 134 Å². The number of nitrogens with one attached hydrogen (secondary N) is 1. The van der Waals surface area contributed by atoms with Crippen LogP contribution in [-0.4, -0.2) is 83.4 Å². The molecule has 6 aromatic rings. The first-order chi connectivity index (χ1) is 35.6. The van der Waals surface area contributed by atoms with Gasteiger partial charge in [0.05, 0.1) is 47.4 Å². The van der Waals surface area contributed by atoms with Gasteiger partial charge in [-0.1, -0.05) is 93.1 Å². The summed E-state index contributed by atoms with van der Waals surface area (Å²) in [6.45, 7) is 2.00. The zero-order valence-corrected chi connectivity index (χ0v) is 46.9. The van der Waals surface area contributed by atoms with Crippen molar-refractivity contribution in [3.63, 3.8) is 0 Å². The molecule has 6 aromatic heterocycles. The molecule has 2 saturated heterocycles. The average molecular weight is 1150 g/mol. The smallest absolute Gasteiger partial charge is 0.219 e. The molecule has 1 N–H and O–H groups in total. The Hall–Kier alpha value is -4.34. The van der Waals surface area contributed by atoms with Crippen LogP contribution in [0.5, 0.6) is 11.5 Å². The first-order valence-corrected chi connectivity index (χ1v) is 30.5. The molecule has 8 rings (SSSR count). The third kappa shape index (κ3) is 25.2. The summed E-state index contributed by atoms with van der Waals surface area (Å²) in [6, 6.07) is 30.8. The molecule has 0 radical (unpaired) electrons. The molecule has 390 valence electrons. The number of carbonyl (C=O) groups excluding carboxylic acids is 2. The van der Waals surface area contributed by atoms with E-state index in [0.717, 1.165) is 140 Å². The first kappa shape index (κ1) is 59.5. The maximum atomic E-state index is 12.2. The first-order valence-electron chi connectivity index (χ1n) is 25.8. The summed E-state index contributed by atoms with van der Waals surface area (Å²) < 4.78 is 12.0. The molecule has 2 unspecified atom stereocenters. The summed E-state index contributed by atoms with van der Waals surface area (Å²) in [5.41, 5.74) is 5.17. The monoisotopic (exact) mass is 1150 g/mol. The quantitative estimate of drug-likeness (QED) is 0.0283. The van der Waals surface area contributed by atoms with Gasteiger partial charge in [0.25, 0.3) is 0 Å². The van der Waals surface area contributed by atoms with Gasteiger partial charge in [-0.3, -0.25) is 39.5 Å². The molecule has 2 fully saturated rings. The second-order valence-electron chi connectivity index (χ2n) is 17.6. The second-order valence-corrected chi connectivity index (χ2v) is 23.1. The number of ketones is 1. The van der Waals surface area contributed by atoms with E-state index in [2.05, 4.69) is 35.2 Å². The molecule has 73 heavy (non-hydrogen) atoms. The van der Waals surface area contributed by atoms with E-state index in [1.807, 2.05) is 140 Å². The molecule has 2 aliphatic heterocycles. The van der Waals surface area contributed by atoms with E-state index < -0.39 is 0 Å². The van der Waals surface area contributed by atoms with Crippen molar-refractivity contribution in [1.29, 1.82) is 0 Å². The summed E-state index contributed by atoms with van der Waals surface area (Å²) in [5.74, 6) is 4.74. The standard InChI is InChI=1S/C37H55N3O4S4.2C10H8N2.Ru/c41-30(13-5-6-14-33-19-26-45-47-33)12-4-1-2-10-24-43-31-17-22-38-35(28-31)36-29-32(18-23-39-36)44-25-11-3-9-21-40-37(42)16-8-7-15-34-20-27-46-48-34;2*1-3-7-11-9(5-1)10-6-2-4-8-12-10;/h17-18,22-23,28-29,33-34H,1-16,19-21,24-27H2,(H,40,42);2*1-8H;.